The van der Waals surface area contributed by atoms with E-state index in [1.165, 1.54) is 5.56 Å². The van der Waals surface area contributed by atoms with Crippen molar-refractivity contribution in [3.05, 3.63) is 53.1 Å². The molecule has 3 heterocycles. The zero-order valence-corrected chi connectivity index (χ0v) is 15.0. The second kappa shape index (κ2) is 6.14. The van der Waals surface area contributed by atoms with Crippen LogP contribution in [0.3, 0.4) is 0 Å². The van der Waals surface area contributed by atoms with Gasteiger partial charge in [-0.3, -0.25) is 0 Å². The van der Waals surface area contributed by atoms with Gasteiger partial charge < -0.3 is 5.32 Å². The van der Waals surface area contributed by atoms with Gasteiger partial charge in [-0.05, 0) is 51.0 Å². The van der Waals surface area contributed by atoms with Crippen LogP contribution in [0.25, 0.3) is 17.2 Å². The van der Waals surface area contributed by atoms with Crippen LogP contribution in [0.1, 0.15) is 22.6 Å². The number of nitrogens with one attached hydrogen (secondary N) is 1. The quantitative estimate of drug-likeness (QED) is 0.609. The smallest absolute Gasteiger partial charge is 0.272 e. The molecule has 0 bridgehead atoms. The van der Waals surface area contributed by atoms with Gasteiger partial charge in [-0.2, -0.15) is 9.50 Å². The second-order valence-corrected chi connectivity index (χ2v) is 6.14. The van der Waals surface area contributed by atoms with Gasteiger partial charge in [-0.25, -0.2) is 9.97 Å². The lowest BCUT2D eigenvalue weighted by atomic mass is 10.1. The third kappa shape index (κ3) is 2.75. The highest BCUT2D eigenvalue weighted by molar-refractivity contribution is 5.63. The van der Waals surface area contributed by atoms with E-state index < -0.39 is 0 Å². The summed E-state index contributed by atoms with van der Waals surface area (Å²) in [4.78, 5) is 13.2. The molecule has 0 spiro atoms. The predicted molar refractivity (Wildman–Crippen MR) is 98.3 cm³/mol. The van der Waals surface area contributed by atoms with Gasteiger partial charge in [0.25, 0.3) is 5.78 Å². The van der Waals surface area contributed by atoms with E-state index in [1.807, 2.05) is 26.0 Å². The Labute approximate surface area is 150 Å². The maximum atomic E-state index is 4.60. The maximum absolute atomic E-state index is 4.60. The Bertz CT molecular complexity index is 1120. The second-order valence-electron chi connectivity index (χ2n) is 6.14. The molecule has 8 heteroatoms. The topological polar surface area (TPSA) is 93.8 Å². The van der Waals surface area contributed by atoms with Crippen molar-refractivity contribution in [2.75, 3.05) is 5.32 Å². The molecule has 0 fully saturated rings. The summed E-state index contributed by atoms with van der Waals surface area (Å²) < 4.78 is 1.68. The molecular formula is C18H18N8. The number of fused-ring (bicyclic) bond motifs is 1. The first-order valence-electron chi connectivity index (χ1n) is 8.26. The Morgan fingerprint density at radius 1 is 0.962 bits per heavy atom. The van der Waals surface area contributed by atoms with Gasteiger partial charge >= 0.3 is 0 Å². The monoisotopic (exact) mass is 346 g/mol. The summed E-state index contributed by atoms with van der Waals surface area (Å²) in [5.74, 6) is 1.64. The van der Waals surface area contributed by atoms with Crippen LogP contribution >= 0.6 is 0 Å². The minimum Gasteiger partial charge on any atom is -0.324 e. The molecule has 130 valence electrons. The number of aryl methyl sites for hydroxylation is 3. The highest BCUT2D eigenvalue weighted by Gasteiger charge is 2.14. The van der Waals surface area contributed by atoms with Crippen molar-refractivity contribution < 1.29 is 0 Å². The van der Waals surface area contributed by atoms with Crippen LogP contribution in [0.2, 0.25) is 0 Å². The van der Waals surface area contributed by atoms with Crippen LogP contribution in [-0.2, 0) is 0 Å². The fourth-order valence-corrected chi connectivity index (χ4v) is 2.76. The maximum Gasteiger partial charge on any atom is 0.272 e. The molecule has 0 aliphatic rings. The third-order valence-corrected chi connectivity index (χ3v) is 4.35. The number of hydrogen-bond acceptors (Lipinski definition) is 7. The summed E-state index contributed by atoms with van der Waals surface area (Å²) in [5.41, 5.74) is 5.50. The molecule has 1 N–H and O–H groups in total. The summed E-state index contributed by atoms with van der Waals surface area (Å²) in [6.45, 7) is 7.89. The molecule has 0 saturated heterocycles. The number of hydrogen-bond donors (Lipinski definition) is 1. The number of anilines is 2. The molecule has 4 aromatic rings. The van der Waals surface area contributed by atoms with Crippen LogP contribution in [-0.4, -0.2) is 34.8 Å². The van der Waals surface area contributed by atoms with Crippen molar-refractivity contribution in [1.82, 2.24) is 34.8 Å². The van der Waals surface area contributed by atoms with E-state index >= 15 is 0 Å². The van der Waals surface area contributed by atoms with Crippen LogP contribution in [0.5, 0.6) is 0 Å². The van der Waals surface area contributed by atoms with E-state index in [0.29, 0.717) is 28.9 Å². The molecule has 0 amide bonds. The molecule has 8 nitrogen and oxygen atoms in total. The predicted octanol–water partition coefficient (Wildman–Crippen LogP) is 2.95. The number of benzene rings is 1. The van der Waals surface area contributed by atoms with Gasteiger partial charge in [0.05, 0.1) is 11.4 Å². The molecule has 26 heavy (non-hydrogen) atoms. The number of aromatic nitrogens is 7. The molecule has 3 aromatic heterocycles. The van der Waals surface area contributed by atoms with Crippen molar-refractivity contribution in [1.29, 1.82) is 0 Å². The largest absolute Gasteiger partial charge is 0.324 e. The van der Waals surface area contributed by atoms with E-state index in [2.05, 4.69) is 55.5 Å². The van der Waals surface area contributed by atoms with Gasteiger partial charge in [0, 0.05) is 11.9 Å². The Balaban J connectivity index is 1.74. The highest BCUT2D eigenvalue weighted by Crippen LogP contribution is 2.23. The summed E-state index contributed by atoms with van der Waals surface area (Å²) >= 11 is 0. The molecule has 4 rings (SSSR count). The molecular weight excluding hydrogens is 328 g/mol. The lowest BCUT2D eigenvalue weighted by molar-refractivity contribution is 0.841. The van der Waals surface area contributed by atoms with Crippen LogP contribution < -0.4 is 5.32 Å². The molecule has 1 aromatic carbocycles. The van der Waals surface area contributed by atoms with E-state index in [1.54, 1.807) is 16.8 Å². The fraction of sp³-hybridized carbons (Fsp3) is 0.222. The average Bonchev–Trinajstić information content (AvgIpc) is 3.01. The van der Waals surface area contributed by atoms with Crippen molar-refractivity contribution in [3.63, 3.8) is 0 Å². The first-order valence-corrected chi connectivity index (χ1v) is 8.26. The van der Waals surface area contributed by atoms with Gasteiger partial charge in [-0.15, -0.1) is 15.3 Å². The zero-order chi connectivity index (χ0) is 18.3. The van der Waals surface area contributed by atoms with Gasteiger partial charge in [0.15, 0.2) is 0 Å². The fourth-order valence-electron chi connectivity index (χ4n) is 2.76. The lowest BCUT2D eigenvalue weighted by Gasteiger charge is -2.11. The minimum atomic E-state index is 0.478. The zero-order valence-electron chi connectivity index (χ0n) is 15.0. The third-order valence-electron chi connectivity index (χ3n) is 4.35. The van der Waals surface area contributed by atoms with E-state index in [4.69, 9.17) is 0 Å². The van der Waals surface area contributed by atoms with Crippen LogP contribution in [0.15, 0.2) is 30.5 Å². The van der Waals surface area contributed by atoms with Crippen molar-refractivity contribution in [3.8, 4) is 11.4 Å². The van der Waals surface area contributed by atoms with E-state index in [-0.39, 0.29) is 0 Å². The first-order chi connectivity index (χ1) is 12.5. The molecule has 0 radical (unpaired) electrons. The Morgan fingerprint density at radius 2 is 1.81 bits per heavy atom. The van der Waals surface area contributed by atoms with Gasteiger partial charge in [0.2, 0.25) is 5.95 Å². The SMILES string of the molecule is Cc1nc2nnc(-c3ccnc(Nc4cccc(C)c4C)n3)c(C)n2n1. The van der Waals surface area contributed by atoms with Crippen LogP contribution in [0.4, 0.5) is 11.6 Å². The summed E-state index contributed by atoms with van der Waals surface area (Å²) in [7, 11) is 0. The average molecular weight is 346 g/mol. The molecule has 0 saturated carbocycles. The van der Waals surface area contributed by atoms with E-state index in [9.17, 15) is 0 Å². The van der Waals surface area contributed by atoms with E-state index in [0.717, 1.165) is 16.9 Å². The molecule has 0 atom stereocenters. The summed E-state index contributed by atoms with van der Waals surface area (Å²) in [5, 5.41) is 16.0. The van der Waals surface area contributed by atoms with Crippen molar-refractivity contribution in [2.24, 2.45) is 0 Å². The highest BCUT2D eigenvalue weighted by atomic mass is 15.4. The Hall–Kier alpha value is -3.42. The van der Waals surface area contributed by atoms with Crippen molar-refractivity contribution >= 4 is 17.4 Å². The minimum absolute atomic E-state index is 0.478. The summed E-state index contributed by atoms with van der Waals surface area (Å²) in [6.07, 6.45) is 1.70. The Morgan fingerprint density at radius 3 is 2.65 bits per heavy atom. The van der Waals surface area contributed by atoms with Gasteiger partial charge in [-0.1, -0.05) is 12.1 Å². The Kier molecular flexibility index (Phi) is 3.80. The molecule has 0 aliphatic heterocycles. The lowest BCUT2D eigenvalue weighted by Crippen LogP contribution is -2.05. The summed E-state index contributed by atoms with van der Waals surface area (Å²) in [6, 6.07) is 7.89. The normalized spacial score (nSPS) is 11.1. The van der Waals surface area contributed by atoms with Gasteiger partial charge in [0.1, 0.15) is 11.5 Å². The number of nitrogens with zero attached hydrogens (tertiary/aromatic N) is 7. The first kappa shape index (κ1) is 16.1. The molecule has 0 aliphatic carbocycles. The standard InChI is InChI=1S/C18H18N8/c1-10-6-5-7-14(11(10)2)21-17-19-9-8-15(22-17)16-12(3)26-18(24-23-16)20-13(4)25-26/h5-9H,1-4H3,(H,19,21,22). The van der Waals surface area contributed by atoms with Crippen LogP contribution in [0, 0.1) is 27.7 Å². The van der Waals surface area contributed by atoms with Crippen molar-refractivity contribution in [2.45, 2.75) is 27.7 Å². The molecule has 0 unspecified atom stereocenters. The number of rotatable bonds is 3.